The number of halogens is 3. The number of nitrogens with zero attached hydrogens (tertiary/aromatic N) is 3. The molecule has 8 heteroatoms. The van der Waals surface area contributed by atoms with Crippen molar-refractivity contribution in [3.63, 3.8) is 0 Å². The zero-order valence-corrected chi connectivity index (χ0v) is 24.4. The normalized spacial score (nSPS) is 13.1. The molecule has 2 aliphatic heterocycles. The third-order valence-electron chi connectivity index (χ3n) is 7.20. The van der Waals surface area contributed by atoms with E-state index in [1.54, 1.807) is 15.9 Å². The first kappa shape index (κ1) is 28.7. The summed E-state index contributed by atoms with van der Waals surface area (Å²) in [5.41, 5.74) is 7.85. The van der Waals surface area contributed by atoms with Crippen molar-refractivity contribution in [2.75, 3.05) is 15.7 Å². The Bertz CT molecular complexity index is 1660. The van der Waals surface area contributed by atoms with Gasteiger partial charge in [-0.15, -0.1) is 11.6 Å². The molecule has 2 heterocycles. The SMILES string of the molecule is N#CCC(=O)N1c2ccccc2CCc2cc(Cl)ccc21.O=C(CCl)N1c2ccccc2CCc2cc(Cl)ccc21. The summed E-state index contributed by atoms with van der Waals surface area (Å²) < 4.78 is 0. The van der Waals surface area contributed by atoms with E-state index >= 15 is 0 Å². The van der Waals surface area contributed by atoms with Crippen LogP contribution in [-0.4, -0.2) is 17.7 Å². The molecule has 0 spiro atoms. The Labute approximate surface area is 254 Å². The summed E-state index contributed by atoms with van der Waals surface area (Å²) in [4.78, 5) is 28.1. The van der Waals surface area contributed by atoms with E-state index in [1.165, 1.54) is 0 Å². The largest absolute Gasteiger partial charge is 0.280 e. The van der Waals surface area contributed by atoms with Crippen LogP contribution >= 0.6 is 34.8 Å². The molecule has 2 amide bonds. The summed E-state index contributed by atoms with van der Waals surface area (Å²) in [6.45, 7) is 0. The highest BCUT2D eigenvalue weighted by molar-refractivity contribution is 6.32. The van der Waals surface area contributed by atoms with Gasteiger partial charge in [0.2, 0.25) is 11.8 Å². The second kappa shape index (κ2) is 12.8. The highest BCUT2D eigenvalue weighted by atomic mass is 35.5. The second-order valence-electron chi connectivity index (χ2n) is 9.73. The van der Waals surface area contributed by atoms with Crippen molar-refractivity contribution >= 4 is 69.4 Å². The van der Waals surface area contributed by atoms with Crippen LogP contribution in [0.2, 0.25) is 10.0 Å². The first-order chi connectivity index (χ1) is 19.9. The first-order valence-electron chi connectivity index (χ1n) is 13.2. The lowest BCUT2D eigenvalue weighted by Crippen LogP contribution is -2.27. The summed E-state index contributed by atoms with van der Waals surface area (Å²) in [7, 11) is 0. The van der Waals surface area contributed by atoms with Crippen molar-refractivity contribution in [2.45, 2.75) is 32.1 Å². The monoisotopic (exact) mass is 601 g/mol. The Morgan fingerprint density at radius 1 is 0.634 bits per heavy atom. The minimum absolute atomic E-state index is 0.0452. The van der Waals surface area contributed by atoms with E-state index in [9.17, 15) is 9.59 Å². The molecule has 0 saturated carbocycles. The van der Waals surface area contributed by atoms with Crippen LogP contribution in [0.1, 0.15) is 28.7 Å². The zero-order chi connectivity index (χ0) is 28.9. The number of para-hydroxylation sites is 2. The molecule has 6 rings (SSSR count). The van der Waals surface area contributed by atoms with Gasteiger partial charge in [0, 0.05) is 10.0 Å². The van der Waals surface area contributed by atoms with E-state index in [4.69, 9.17) is 40.1 Å². The number of rotatable bonds is 2. The van der Waals surface area contributed by atoms with Crippen molar-refractivity contribution in [1.82, 2.24) is 0 Å². The summed E-state index contributed by atoms with van der Waals surface area (Å²) in [6.07, 6.45) is 3.27. The number of aryl methyl sites for hydroxylation is 4. The van der Waals surface area contributed by atoms with E-state index in [0.717, 1.165) is 70.7 Å². The lowest BCUT2D eigenvalue weighted by molar-refractivity contribution is -0.117. The smallest absolute Gasteiger partial charge is 0.246 e. The molecule has 0 bridgehead atoms. The number of benzene rings is 4. The maximum Gasteiger partial charge on any atom is 0.246 e. The number of anilines is 4. The maximum absolute atomic E-state index is 12.4. The molecule has 0 fully saturated rings. The van der Waals surface area contributed by atoms with Crippen LogP contribution in [0.25, 0.3) is 0 Å². The van der Waals surface area contributed by atoms with Crippen molar-refractivity contribution < 1.29 is 9.59 Å². The standard InChI is InChI=1S/C17H13ClN2O.C16H13Cl2NO/c18-14-7-8-16-13(11-14)6-5-12-3-1-2-4-15(12)20(16)17(21)9-10-19;17-10-16(20)19-14-4-2-1-3-11(14)5-6-12-9-13(18)7-8-15(12)19/h1-4,7-8,11H,5-6,9H2;1-4,7-9H,5-6,10H2. The Kier molecular flexibility index (Phi) is 8.95. The molecular weight excluding hydrogens is 577 g/mol. The molecule has 2 aliphatic rings. The fraction of sp³-hybridized carbons (Fsp3) is 0.182. The van der Waals surface area contributed by atoms with Gasteiger partial charge in [-0.3, -0.25) is 19.4 Å². The van der Waals surface area contributed by atoms with Crippen molar-refractivity contribution in [1.29, 1.82) is 5.26 Å². The molecule has 0 N–H and O–H groups in total. The first-order valence-corrected chi connectivity index (χ1v) is 14.5. The third kappa shape index (κ3) is 6.11. The number of alkyl halides is 1. The molecule has 206 valence electrons. The lowest BCUT2D eigenvalue weighted by Gasteiger charge is -2.24. The Morgan fingerprint density at radius 2 is 1.05 bits per heavy atom. The number of hydrogen-bond donors (Lipinski definition) is 0. The predicted octanol–water partition coefficient (Wildman–Crippen LogP) is 8.36. The number of nitriles is 1. The van der Waals surface area contributed by atoms with E-state index in [-0.39, 0.29) is 24.1 Å². The van der Waals surface area contributed by atoms with E-state index in [1.807, 2.05) is 78.9 Å². The molecule has 0 aliphatic carbocycles. The van der Waals surface area contributed by atoms with Crippen LogP contribution < -0.4 is 9.80 Å². The number of hydrogen-bond acceptors (Lipinski definition) is 3. The van der Waals surface area contributed by atoms with Gasteiger partial charge in [0.25, 0.3) is 0 Å². The molecular formula is C33H26Cl3N3O2. The van der Waals surface area contributed by atoms with Crippen LogP contribution in [0.5, 0.6) is 0 Å². The van der Waals surface area contributed by atoms with Gasteiger partial charge < -0.3 is 0 Å². The Hall–Kier alpha value is -3.82. The Balaban J connectivity index is 0.000000165. The second-order valence-corrected chi connectivity index (χ2v) is 10.9. The molecule has 41 heavy (non-hydrogen) atoms. The van der Waals surface area contributed by atoms with E-state index < -0.39 is 0 Å². The van der Waals surface area contributed by atoms with Gasteiger partial charge in [-0.2, -0.15) is 5.26 Å². The molecule has 0 atom stereocenters. The van der Waals surface area contributed by atoms with Crippen molar-refractivity contribution in [3.05, 3.63) is 117 Å². The van der Waals surface area contributed by atoms with Gasteiger partial charge in [0.05, 0.1) is 28.8 Å². The minimum Gasteiger partial charge on any atom is -0.280 e. The Morgan fingerprint density at radius 3 is 1.51 bits per heavy atom. The molecule has 0 aromatic heterocycles. The van der Waals surface area contributed by atoms with Gasteiger partial charge in [-0.25, -0.2) is 0 Å². The summed E-state index contributed by atoms with van der Waals surface area (Å²) in [5, 5.41) is 10.2. The van der Waals surface area contributed by atoms with Crippen LogP contribution in [0.3, 0.4) is 0 Å². The molecule has 0 unspecified atom stereocenters. The number of carbonyl (C=O) groups is 2. The van der Waals surface area contributed by atoms with Crippen LogP contribution in [0.15, 0.2) is 84.9 Å². The van der Waals surface area contributed by atoms with Crippen molar-refractivity contribution in [2.24, 2.45) is 0 Å². The topological polar surface area (TPSA) is 64.4 Å². The minimum atomic E-state index is -0.213. The van der Waals surface area contributed by atoms with Crippen molar-refractivity contribution in [3.8, 4) is 6.07 Å². The average molecular weight is 603 g/mol. The fourth-order valence-corrected chi connectivity index (χ4v) is 5.88. The molecule has 5 nitrogen and oxygen atoms in total. The maximum atomic E-state index is 12.4. The number of carbonyl (C=O) groups excluding carboxylic acids is 2. The van der Waals surface area contributed by atoms with Gasteiger partial charge in [0.15, 0.2) is 0 Å². The molecule has 4 aromatic rings. The number of amides is 2. The summed E-state index contributed by atoms with van der Waals surface area (Å²) >= 11 is 17.9. The highest BCUT2D eigenvalue weighted by Gasteiger charge is 2.26. The van der Waals surface area contributed by atoms with E-state index in [2.05, 4.69) is 6.07 Å². The molecule has 0 saturated heterocycles. The summed E-state index contributed by atoms with van der Waals surface area (Å²) in [5.74, 6) is -0.379. The number of fused-ring (bicyclic) bond motifs is 4. The highest BCUT2D eigenvalue weighted by Crippen LogP contribution is 2.38. The van der Waals surface area contributed by atoms with Gasteiger partial charge in [-0.1, -0.05) is 59.6 Å². The molecule has 0 radical (unpaired) electrons. The van der Waals surface area contributed by atoms with Crippen LogP contribution in [0.4, 0.5) is 22.7 Å². The van der Waals surface area contributed by atoms with Gasteiger partial charge in [-0.05, 0) is 96.5 Å². The average Bonchev–Trinajstić information content (AvgIpc) is 3.25. The van der Waals surface area contributed by atoms with Crippen LogP contribution in [0, 0.1) is 11.3 Å². The predicted molar refractivity (Wildman–Crippen MR) is 166 cm³/mol. The fourth-order valence-electron chi connectivity index (χ4n) is 5.37. The van der Waals surface area contributed by atoms with Crippen LogP contribution in [-0.2, 0) is 35.3 Å². The lowest BCUT2D eigenvalue weighted by atomic mass is 10.0. The third-order valence-corrected chi connectivity index (χ3v) is 7.90. The quantitative estimate of drug-likeness (QED) is 0.217. The summed E-state index contributed by atoms with van der Waals surface area (Å²) in [6, 6.07) is 28.9. The molecule has 4 aromatic carbocycles. The van der Waals surface area contributed by atoms with E-state index in [0.29, 0.717) is 10.0 Å². The van der Waals surface area contributed by atoms with Gasteiger partial charge in [0.1, 0.15) is 12.3 Å². The zero-order valence-electron chi connectivity index (χ0n) is 22.1. The van der Waals surface area contributed by atoms with Gasteiger partial charge >= 0.3 is 0 Å².